The number of rotatable bonds is 14. The Labute approximate surface area is 384 Å². The number of carbonyl (C=O) groups excluding carboxylic acids is 4. The van der Waals surface area contributed by atoms with Gasteiger partial charge in [-0.15, -0.1) is 0 Å². The van der Waals surface area contributed by atoms with E-state index in [1.54, 1.807) is 28.9 Å². The van der Waals surface area contributed by atoms with Crippen LogP contribution in [0.2, 0.25) is 0 Å². The minimum absolute atomic E-state index is 0.247. The van der Waals surface area contributed by atoms with Gasteiger partial charge in [-0.3, -0.25) is 39.0 Å². The Kier molecular flexibility index (Phi) is 12.6. The van der Waals surface area contributed by atoms with Gasteiger partial charge >= 0.3 is 0 Å². The molecule has 5 heterocycles. The number of hydrogen-bond acceptors (Lipinski definition) is 12. The highest BCUT2D eigenvalue weighted by Gasteiger charge is 2.44. The first-order chi connectivity index (χ1) is 31.8. The van der Waals surface area contributed by atoms with Crippen molar-refractivity contribution in [2.24, 2.45) is 18.9 Å². The largest absolute Gasteiger partial charge is 0.493 e. The molecule has 9 rings (SSSR count). The van der Waals surface area contributed by atoms with Gasteiger partial charge in [0.05, 0.1) is 59.5 Å². The second-order valence-corrected chi connectivity index (χ2v) is 20.2. The standard InChI is InChI=1S/C50H56N6O9S/c1-5-64-44-27-34(11-17-43(44)63-3)42(30-66(4,61)62)56-49(59)38-7-6-8-40(46(38)50(56)60)55-25-21-33(22-26-55)32-19-23-54(24-20-32)29-31-9-12-35(13-10-31)65-36-14-15-37-41(28-36)53(2)52-47(37)39-16-18-45(57)51-48(39)58/h6-15,17,27-28,32-33,39,42H,5,16,18-26,29-30H2,1-4H3,(H,51,57,58)/t39?,42-/m1/s1. The Bertz CT molecular complexity index is 2790. The first-order valence-electron chi connectivity index (χ1n) is 22.8. The van der Waals surface area contributed by atoms with Crippen molar-refractivity contribution in [3.63, 3.8) is 0 Å². The molecule has 0 radical (unpaired) electrons. The molecule has 0 saturated carbocycles. The average Bonchev–Trinajstić information content (AvgIpc) is 3.77. The van der Waals surface area contributed by atoms with Crippen molar-refractivity contribution in [2.75, 3.05) is 56.8 Å². The number of benzene rings is 4. The Morgan fingerprint density at radius 1 is 0.818 bits per heavy atom. The summed E-state index contributed by atoms with van der Waals surface area (Å²) in [7, 11) is -0.267. The molecule has 346 valence electrons. The molecule has 1 aromatic heterocycles. The predicted molar refractivity (Wildman–Crippen MR) is 249 cm³/mol. The number of anilines is 1. The zero-order valence-electron chi connectivity index (χ0n) is 37.8. The molecule has 3 saturated heterocycles. The topological polar surface area (TPSA) is 170 Å². The van der Waals surface area contributed by atoms with Crippen LogP contribution in [-0.4, -0.2) is 104 Å². The maximum absolute atomic E-state index is 14.4. The molecule has 0 spiro atoms. The number of methoxy groups -OCH3 is 1. The molecule has 15 nitrogen and oxygen atoms in total. The molecule has 16 heteroatoms. The number of imide groups is 2. The Balaban J connectivity index is 0.787. The molecular weight excluding hydrogens is 861 g/mol. The third-order valence-corrected chi connectivity index (χ3v) is 14.7. The van der Waals surface area contributed by atoms with Crippen LogP contribution >= 0.6 is 0 Å². The zero-order valence-corrected chi connectivity index (χ0v) is 38.6. The van der Waals surface area contributed by atoms with E-state index in [2.05, 4.69) is 32.3 Å². The molecular formula is C50H56N6O9S. The number of nitrogens with one attached hydrogen (secondary N) is 1. The van der Waals surface area contributed by atoms with Gasteiger partial charge in [-0.1, -0.05) is 24.3 Å². The maximum Gasteiger partial charge on any atom is 0.264 e. The minimum Gasteiger partial charge on any atom is -0.493 e. The molecule has 66 heavy (non-hydrogen) atoms. The fourth-order valence-corrected chi connectivity index (χ4v) is 11.3. The van der Waals surface area contributed by atoms with Gasteiger partial charge in [0.2, 0.25) is 11.8 Å². The van der Waals surface area contributed by atoms with E-state index < -0.39 is 39.4 Å². The number of aromatic nitrogens is 2. The minimum atomic E-state index is -3.62. The lowest BCUT2D eigenvalue weighted by Gasteiger charge is -2.41. The lowest BCUT2D eigenvalue weighted by Crippen LogP contribution is -2.41. The number of fused-ring (bicyclic) bond motifs is 2. The Hall–Kier alpha value is -6.26. The molecule has 4 aliphatic rings. The summed E-state index contributed by atoms with van der Waals surface area (Å²) in [6, 6.07) is 23.3. The van der Waals surface area contributed by atoms with Crippen LogP contribution in [0.25, 0.3) is 10.9 Å². The van der Waals surface area contributed by atoms with E-state index >= 15 is 0 Å². The van der Waals surface area contributed by atoms with Gasteiger partial charge in [-0.2, -0.15) is 5.10 Å². The van der Waals surface area contributed by atoms with Gasteiger partial charge in [0.1, 0.15) is 21.3 Å². The number of hydrogen-bond donors (Lipinski definition) is 1. The molecule has 0 aliphatic carbocycles. The highest BCUT2D eigenvalue weighted by Crippen LogP contribution is 2.42. The van der Waals surface area contributed by atoms with E-state index in [9.17, 15) is 27.6 Å². The normalized spacial score (nSPS) is 19.3. The van der Waals surface area contributed by atoms with Crippen molar-refractivity contribution in [1.29, 1.82) is 0 Å². The Morgan fingerprint density at radius 3 is 2.21 bits per heavy atom. The second-order valence-electron chi connectivity index (χ2n) is 18.0. The van der Waals surface area contributed by atoms with Gasteiger partial charge in [0.25, 0.3) is 11.8 Å². The molecule has 0 bridgehead atoms. The molecule has 3 fully saturated rings. The maximum atomic E-state index is 14.4. The Morgan fingerprint density at radius 2 is 1.53 bits per heavy atom. The summed E-state index contributed by atoms with van der Waals surface area (Å²) in [5.74, 6) is 1.00. The van der Waals surface area contributed by atoms with E-state index in [-0.39, 0.29) is 17.4 Å². The lowest BCUT2D eigenvalue weighted by molar-refractivity contribution is -0.134. The number of carbonyl (C=O) groups is 4. The summed E-state index contributed by atoms with van der Waals surface area (Å²) in [6.45, 7) is 6.60. The quantitative estimate of drug-likeness (QED) is 0.116. The van der Waals surface area contributed by atoms with Crippen molar-refractivity contribution >= 4 is 50.1 Å². The van der Waals surface area contributed by atoms with Crippen LogP contribution in [-0.2, 0) is 33.0 Å². The highest BCUT2D eigenvalue weighted by atomic mass is 32.2. The molecule has 4 aliphatic heterocycles. The van der Waals surface area contributed by atoms with Crippen LogP contribution in [0.4, 0.5) is 5.69 Å². The van der Waals surface area contributed by atoms with Gasteiger partial charge < -0.3 is 19.1 Å². The number of nitrogens with zero attached hydrogens (tertiary/aromatic N) is 5. The number of piperidine rings is 3. The third-order valence-electron chi connectivity index (χ3n) is 13.7. The monoisotopic (exact) mass is 916 g/mol. The van der Waals surface area contributed by atoms with Gasteiger partial charge in [0, 0.05) is 50.8 Å². The smallest absolute Gasteiger partial charge is 0.264 e. The third kappa shape index (κ3) is 9.12. The number of aryl methyl sites for hydroxylation is 1. The van der Waals surface area contributed by atoms with Gasteiger partial charge in [-0.05, 0) is 124 Å². The van der Waals surface area contributed by atoms with E-state index in [4.69, 9.17) is 14.2 Å². The van der Waals surface area contributed by atoms with E-state index in [0.717, 1.165) is 91.9 Å². The highest BCUT2D eigenvalue weighted by molar-refractivity contribution is 7.90. The second kappa shape index (κ2) is 18.6. The number of amides is 4. The van der Waals surface area contributed by atoms with Crippen LogP contribution in [0, 0.1) is 11.8 Å². The first-order valence-corrected chi connectivity index (χ1v) is 24.9. The van der Waals surface area contributed by atoms with Crippen LogP contribution in [0.5, 0.6) is 23.0 Å². The molecule has 1 unspecified atom stereocenters. The van der Waals surface area contributed by atoms with Crippen LogP contribution < -0.4 is 24.4 Å². The summed E-state index contributed by atoms with van der Waals surface area (Å²) in [4.78, 5) is 58.5. The van der Waals surface area contributed by atoms with E-state index in [1.165, 1.54) is 12.7 Å². The molecule has 4 amide bonds. The lowest BCUT2D eigenvalue weighted by atomic mass is 9.78. The van der Waals surface area contributed by atoms with Crippen molar-refractivity contribution in [3.8, 4) is 23.0 Å². The van der Waals surface area contributed by atoms with E-state index in [0.29, 0.717) is 65.4 Å². The SMILES string of the molecule is CCOc1cc([C@@H](CS(C)(=O)=O)N2C(=O)c3cccc(N4CCC(C5CCN(Cc6ccc(Oc7ccc8c(C9CCC(=O)NC9=O)nn(C)c8c7)cc6)CC5)CC4)c3C2=O)ccc1OC. The molecule has 5 aromatic rings. The fraction of sp³-hybridized carbons (Fsp3) is 0.420. The molecule has 4 aromatic carbocycles. The van der Waals surface area contributed by atoms with Crippen molar-refractivity contribution in [3.05, 3.63) is 107 Å². The van der Waals surface area contributed by atoms with Crippen LogP contribution in [0.15, 0.2) is 78.9 Å². The summed E-state index contributed by atoms with van der Waals surface area (Å²) >= 11 is 0. The van der Waals surface area contributed by atoms with Crippen LogP contribution in [0.3, 0.4) is 0 Å². The summed E-state index contributed by atoms with van der Waals surface area (Å²) in [6.07, 6.45) is 6.06. The number of sulfone groups is 1. The molecule has 2 atom stereocenters. The van der Waals surface area contributed by atoms with Crippen molar-refractivity contribution in [1.82, 2.24) is 24.9 Å². The van der Waals surface area contributed by atoms with E-state index in [1.807, 2.05) is 56.4 Å². The summed E-state index contributed by atoms with van der Waals surface area (Å²) in [5.41, 5.74) is 4.55. The summed E-state index contributed by atoms with van der Waals surface area (Å²) < 4.78 is 44.7. The van der Waals surface area contributed by atoms with Crippen molar-refractivity contribution in [2.45, 2.75) is 64.0 Å². The molecule has 1 N–H and O–H groups in total. The fourth-order valence-electron chi connectivity index (χ4n) is 10.4. The predicted octanol–water partition coefficient (Wildman–Crippen LogP) is 6.80. The van der Waals surface area contributed by atoms with Crippen molar-refractivity contribution < 1.29 is 41.8 Å². The summed E-state index contributed by atoms with van der Waals surface area (Å²) in [5, 5.41) is 7.94. The average molecular weight is 917 g/mol. The van der Waals surface area contributed by atoms with Gasteiger partial charge in [-0.25, -0.2) is 8.42 Å². The zero-order chi connectivity index (χ0) is 46.3. The number of ether oxygens (including phenoxy) is 3. The first kappa shape index (κ1) is 44.9. The number of likely N-dealkylation sites (tertiary alicyclic amines) is 1. The van der Waals surface area contributed by atoms with Crippen LogP contribution in [0.1, 0.15) is 94.9 Å². The van der Waals surface area contributed by atoms with Gasteiger partial charge in [0.15, 0.2) is 11.5 Å².